The van der Waals surface area contributed by atoms with Gasteiger partial charge in [-0.1, -0.05) is 53.0 Å². The average molecular weight is 240 g/mol. The van der Waals surface area contributed by atoms with Gasteiger partial charge in [0.15, 0.2) is 0 Å². The molecule has 2 unspecified atom stereocenters. The van der Waals surface area contributed by atoms with E-state index in [0.717, 1.165) is 25.2 Å². The molecule has 17 heavy (non-hydrogen) atoms. The molecule has 0 amide bonds. The Hall–Kier alpha value is -0.790. The van der Waals surface area contributed by atoms with Crippen molar-refractivity contribution in [1.82, 2.24) is 0 Å². The first-order valence-corrected chi connectivity index (χ1v) is 6.97. The van der Waals surface area contributed by atoms with Crippen molar-refractivity contribution < 1.29 is 9.53 Å². The van der Waals surface area contributed by atoms with Gasteiger partial charge in [-0.3, -0.25) is 0 Å². The number of rotatable bonds is 10. The average Bonchev–Trinajstić information content (AvgIpc) is 2.34. The fraction of sp³-hybridized carbons (Fsp3) is 0.800. The number of hydrogen-bond acceptors (Lipinski definition) is 2. The monoisotopic (exact) mass is 240 g/mol. The number of unbranched alkanes of at least 4 members (excludes halogenated alkanes) is 1. The molecule has 0 aliphatic heterocycles. The Bertz CT molecular complexity index is 211. The number of carbonyl (C=O) groups excluding carboxylic acids is 1. The van der Waals surface area contributed by atoms with E-state index < -0.39 is 0 Å². The zero-order valence-electron chi connectivity index (χ0n) is 11.7. The Morgan fingerprint density at radius 3 is 2.41 bits per heavy atom. The van der Waals surface area contributed by atoms with Gasteiger partial charge in [0.2, 0.25) is 0 Å². The standard InChI is InChI=1S/C15H28O2/c1-5-8-10-13(4)11-9-12-14(6-2)17-15(16)7-3/h7,13-14H,3,5-6,8-12H2,1-2,4H3. The molecule has 2 atom stereocenters. The summed E-state index contributed by atoms with van der Waals surface area (Å²) in [6.45, 7) is 10.0. The van der Waals surface area contributed by atoms with Crippen LogP contribution in [0.1, 0.15) is 65.7 Å². The summed E-state index contributed by atoms with van der Waals surface area (Å²) in [6.07, 6.45) is 9.49. The van der Waals surface area contributed by atoms with Crippen LogP contribution in [0.5, 0.6) is 0 Å². The molecule has 0 aliphatic carbocycles. The van der Waals surface area contributed by atoms with Crippen LogP contribution in [0.3, 0.4) is 0 Å². The highest BCUT2D eigenvalue weighted by Gasteiger charge is 2.11. The first-order chi connectivity index (χ1) is 8.13. The molecular weight excluding hydrogens is 212 g/mol. The molecule has 0 rings (SSSR count). The van der Waals surface area contributed by atoms with Gasteiger partial charge in [0.25, 0.3) is 0 Å². The van der Waals surface area contributed by atoms with E-state index in [-0.39, 0.29) is 12.1 Å². The van der Waals surface area contributed by atoms with Crippen LogP contribution in [-0.2, 0) is 9.53 Å². The maximum Gasteiger partial charge on any atom is 0.330 e. The van der Waals surface area contributed by atoms with Gasteiger partial charge in [-0.2, -0.15) is 0 Å². The zero-order chi connectivity index (χ0) is 13.1. The molecule has 0 spiro atoms. The van der Waals surface area contributed by atoms with Gasteiger partial charge < -0.3 is 4.74 Å². The van der Waals surface area contributed by atoms with Gasteiger partial charge in [0.05, 0.1) is 0 Å². The van der Waals surface area contributed by atoms with Crippen LogP contribution in [0.25, 0.3) is 0 Å². The Balaban J connectivity index is 3.68. The molecule has 0 fully saturated rings. The molecule has 2 heteroatoms. The quantitative estimate of drug-likeness (QED) is 0.415. The molecular formula is C15H28O2. The second kappa shape index (κ2) is 10.4. The second-order valence-corrected chi connectivity index (χ2v) is 4.85. The molecule has 0 aromatic heterocycles. The molecule has 0 saturated carbocycles. The molecule has 100 valence electrons. The Morgan fingerprint density at radius 2 is 1.88 bits per heavy atom. The van der Waals surface area contributed by atoms with Crippen molar-refractivity contribution in [2.24, 2.45) is 5.92 Å². The lowest BCUT2D eigenvalue weighted by atomic mass is 9.97. The van der Waals surface area contributed by atoms with E-state index in [0.29, 0.717) is 0 Å². The minimum Gasteiger partial charge on any atom is -0.459 e. The molecule has 0 aliphatic rings. The number of carbonyl (C=O) groups is 1. The first kappa shape index (κ1) is 16.2. The molecule has 0 N–H and O–H groups in total. The van der Waals surface area contributed by atoms with Gasteiger partial charge in [-0.25, -0.2) is 4.79 Å². The highest BCUT2D eigenvalue weighted by Crippen LogP contribution is 2.17. The van der Waals surface area contributed by atoms with Crippen molar-refractivity contribution in [3.8, 4) is 0 Å². The third-order valence-electron chi connectivity index (χ3n) is 3.18. The summed E-state index contributed by atoms with van der Waals surface area (Å²) in [6, 6.07) is 0. The van der Waals surface area contributed by atoms with Crippen LogP contribution in [0.15, 0.2) is 12.7 Å². The highest BCUT2D eigenvalue weighted by atomic mass is 16.5. The molecule has 0 saturated heterocycles. The van der Waals surface area contributed by atoms with Gasteiger partial charge in [0, 0.05) is 6.08 Å². The topological polar surface area (TPSA) is 26.3 Å². The molecule has 2 nitrogen and oxygen atoms in total. The second-order valence-electron chi connectivity index (χ2n) is 4.85. The number of esters is 1. The van der Waals surface area contributed by atoms with E-state index in [9.17, 15) is 4.79 Å². The summed E-state index contributed by atoms with van der Waals surface area (Å²) in [4.78, 5) is 11.1. The third-order valence-corrected chi connectivity index (χ3v) is 3.18. The lowest BCUT2D eigenvalue weighted by Gasteiger charge is -2.16. The maximum atomic E-state index is 11.1. The van der Waals surface area contributed by atoms with Crippen LogP contribution in [0, 0.1) is 5.92 Å². The normalized spacial score (nSPS) is 14.1. The van der Waals surface area contributed by atoms with Crippen LogP contribution in [-0.4, -0.2) is 12.1 Å². The van der Waals surface area contributed by atoms with Gasteiger partial charge >= 0.3 is 5.97 Å². The summed E-state index contributed by atoms with van der Waals surface area (Å²) < 4.78 is 5.25. The van der Waals surface area contributed by atoms with E-state index >= 15 is 0 Å². The summed E-state index contributed by atoms with van der Waals surface area (Å²) in [7, 11) is 0. The summed E-state index contributed by atoms with van der Waals surface area (Å²) in [5.41, 5.74) is 0. The van der Waals surface area contributed by atoms with Crippen molar-refractivity contribution in [1.29, 1.82) is 0 Å². The fourth-order valence-corrected chi connectivity index (χ4v) is 1.95. The summed E-state index contributed by atoms with van der Waals surface area (Å²) >= 11 is 0. The Morgan fingerprint density at radius 1 is 1.24 bits per heavy atom. The van der Waals surface area contributed by atoms with E-state index in [4.69, 9.17) is 4.74 Å². The van der Waals surface area contributed by atoms with E-state index in [1.54, 1.807) is 0 Å². The summed E-state index contributed by atoms with van der Waals surface area (Å²) in [5, 5.41) is 0. The predicted octanol–water partition coefficient (Wildman–Crippen LogP) is 4.49. The fourth-order valence-electron chi connectivity index (χ4n) is 1.95. The predicted molar refractivity (Wildman–Crippen MR) is 72.9 cm³/mol. The first-order valence-electron chi connectivity index (χ1n) is 6.97. The zero-order valence-corrected chi connectivity index (χ0v) is 11.7. The van der Waals surface area contributed by atoms with Crippen molar-refractivity contribution in [2.75, 3.05) is 0 Å². The Labute approximate surface area is 106 Å². The molecule has 0 aromatic rings. The van der Waals surface area contributed by atoms with Crippen molar-refractivity contribution >= 4 is 5.97 Å². The Kier molecular flexibility index (Phi) is 9.89. The smallest absolute Gasteiger partial charge is 0.330 e. The minimum atomic E-state index is -0.295. The van der Waals surface area contributed by atoms with Crippen molar-refractivity contribution in [2.45, 2.75) is 71.8 Å². The maximum absolute atomic E-state index is 11.1. The highest BCUT2D eigenvalue weighted by molar-refractivity contribution is 5.81. The van der Waals surface area contributed by atoms with Crippen LogP contribution in [0.2, 0.25) is 0 Å². The van der Waals surface area contributed by atoms with Crippen LogP contribution >= 0.6 is 0 Å². The van der Waals surface area contributed by atoms with E-state index in [1.807, 2.05) is 0 Å². The minimum absolute atomic E-state index is 0.0684. The van der Waals surface area contributed by atoms with Gasteiger partial charge in [0.1, 0.15) is 6.10 Å². The van der Waals surface area contributed by atoms with E-state index in [2.05, 4.69) is 27.4 Å². The summed E-state index contributed by atoms with van der Waals surface area (Å²) in [5.74, 6) is 0.499. The van der Waals surface area contributed by atoms with Gasteiger partial charge in [-0.05, 0) is 25.2 Å². The lowest BCUT2D eigenvalue weighted by Crippen LogP contribution is -2.16. The van der Waals surface area contributed by atoms with Crippen LogP contribution < -0.4 is 0 Å². The molecule has 0 bridgehead atoms. The van der Waals surface area contributed by atoms with Crippen molar-refractivity contribution in [3.63, 3.8) is 0 Å². The van der Waals surface area contributed by atoms with E-state index in [1.165, 1.54) is 31.8 Å². The lowest BCUT2D eigenvalue weighted by molar-refractivity contribution is -0.143. The molecule has 0 heterocycles. The SMILES string of the molecule is C=CC(=O)OC(CC)CCCC(C)CCCC. The largest absolute Gasteiger partial charge is 0.459 e. The third kappa shape index (κ3) is 8.96. The van der Waals surface area contributed by atoms with Gasteiger partial charge in [-0.15, -0.1) is 0 Å². The number of hydrogen-bond donors (Lipinski definition) is 0. The number of ether oxygens (including phenoxy) is 1. The molecule has 0 aromatic carbocycles. The van der Waals surface area contributed by atoms with Crippen molar-refractivity contribution in [3.05, 3.63) is 12.7 Å². The van der Waals surface area contributed by atoms with Crippen LogP contribution in [0.4, 0.5) is 0 Å². The molecule has 0 radical (unpaired) electrons.